The highest BCUT2D eigenvalue weighted by atomic mass is 16.5. The van der Waals surface area contributed by atoms with Crippen LogP contribution in [0.3, 0.4) is 0 Å². The molecule has 0 amide bonds. The first-order valence-corrected chi connectivity index (χ1v) is 4.94. The third-order valence-electron chi connectivity index (χ3n) is 3.22. The Bertz CT molecular complexity index is 147. The quantitative estimate of drug-likeness (QED) is 0.702. The molecule has 0 aromatic carbocycles. The molecule has 2 nitrogen and oxygen atoms in total. The van der Waals surface area contributed by atoms with E-state index in [0.717, 1.165) is 25.9 Å². The van der Waals surface area contributed by atoms with Crippen molar-refractivity contribution in [2.45, 2.75) is 52.2 Å². The van der Waals surface area contributed by atoms with Gasteiger partial charge >= 0.3 is 0 Å². The van der Waals surface area contributed by atoms with Crippen LogP contribution in [0, 0.1) is 5.41 Å². The molecule has 72 valence electrons. The van der Waals surface area contributed by atoms with Crippen molar-refractivity contribution in [3.05, 3.63) is 0 Å². The Kier molecular flexibility index (Phi) is 3.13. The minimum Gasteiger partial charge on any atom is -0.392 e. The van der Waals surface area contributed by atoms with Crippen LogP contribution in [0.15, 0.2) is 0 Å². The zero-order valence-electron chi connectivity index (χ0n) is 8.34. The van der Waals surface area contributed by atoms with E-state index in [1.54, 1.807) is 0 Å². The molecule has 3 atom stereocenters. The molecular formula is C10H20O2. The average Bonchev–Trinajstić information content (AvgIpc) is 2.10. The van der Waals surface area contributed by atoms with E-state index in [1.165, 1.54) is 0 Å². The molecule has 2 heteroatoms. The van der Waals surface area contributed by atoms with Crippen LogP contribution >= 0.6 is 0 Å². The van der Waals surface area contributed by atoms with Gasteiger partial charge in [-0.05, 0) is 12.8 Å². The molecule has 0 heterocycles. The predicted molar refractivity (Wildman–Crippen MR) is 49.1 cm³/mol. The Morgan fingerprint density at radius 1 is 1.50 bits per heavy atom. The van der Waals surface area contributed by atoms with Gasteiger partial charge in [0.15, 0.2) is 0 Å². The van der Waals surface area contributed by atoms with Gasteiger partial charge in [-0.2, -0.15) is 0 Å². The standard InChI is InChI=1S/C10H20O2/c1-4-6-12-9-7-8(11)10(9,3)5-2/h8-9,11H,4-7H2,1-3H3. The Labute approximate surface area is 74.9 Å². The van der Waals surface area contributed by atoms with Crippen molar-refractivity contribution in [2.75, 3.05) is 6.61 Å². The van der Waals surface area contributed by atoms with Crippen LogP contribution in [0.1, 0.15) is 40.0 Å². The molecular weight excluding hydrogens is 152 g/mol. The summed E-state index contributed by atoms with van der Waals surface area (Å²) in [6.07, 6.45) is 3.03. The summed E-state index contributed by atoms with van der Waals surface area (Å²) >= 11 is 0. The maximum Gasteiger partial charge on any atom is 0.0678 e. The summed E-state index contributed by atoms with van der Waals surface area (Å²) < 4.78 is 5.64. The monoisotopic (exact) mass is 172 g/mol. The summed E-state index contributed by atoms with van der Waals surface area (Å²) in [5.41, 5.74) is 0.0230. The van der Waals surface area contributed by atoms with Crippen LogP contribution < -0.4 is 0 Å². The maximum absolute atomic E-state index is 9.56. The molecule has 0 aromatic rings. The number of aliphatic hydroxyl groups is 1. The van der Waals surface area contributed by atoms with E-state index in [1.807, 2.05) is 0 Å². The normalized spacial score (nSPS) is 41.0. The molecule has 12 heavy (non-hydrogen) atoms. The SMILES string of the molecule is CCCOC1CC(O)C1(C)CC. The van der Waals surface area contributed by atoms with E-state index in [0.29, 0.717) is 0 Å². The fourth-order valence-corrected chi connectivity index (χ4v) is 1.78. The second-order valence-electron chi connectivity index (χ2n) is 3.97. The Hall–Kier alpha value is -0.0800. The lowest BCUT2D eigenvalue weighted by Gasteiger charge is -2.50. The summed E-state index contributed by atoms with van der Waals surface area (Å²) in [5.74, 6) is 0. The minimum atomic E-state index is -0.149. The Balaban J connectivity index is 2.37. The van der Waals surface area contributed by atoms with Crippen molar-refractivity contribution in [1.29, 1.82) is 0 Å². The first-order chi connectivity index (χ1) is 5.65. The van der Waals surface area contributed by atoms with Crippen molar-refractivity contribution in [1.82, 2.24) is 0 Å². The zero-order chi connectivity index (χ0) is 9.19. The second-order valence-corrected chi connectivity index (χ2v) is 3.97. The van der Waals surface area contributed by atoms with Crippen molar-refractivity contribution in [3.8, 4) is 0 Å². The van der Waals surface area contributed by atoms with Crippen LogP contribution in [0.2, 0.25) is 0 Å². The molecule has 1 N–H and O–H groups in total. The fourth-order valence-electron chi connectivity index (χ4n) is 1.78. The summed E-state index contributed by atoms with van der Waals surface area (Å²) in [6.45, 7) is 7.16. The summed E-state index contributed by atoms with van der Waals surface area (Å²) in [4.78, 5) is 0. The highest BCUT2D eigenvalue weighted by Gasteiger charge is 2.50. The number of rotatable bonds is 4. The second kappa shape index (κ2) is 3.75. The van der Waals surface area contributed by atoms with Gasteiger partial charge in [-0.1, -0.05) is 20.8 Å². The van der Waals surface area contributed by atoms with E-state index in [9.17, 15) is 5.11 Å². The average molecular weight is 172 g/mol. The molecule has 0 radical (unpaired) electrons. The van der Waals surface area contributed by atoms with Gasteiger partial charge in [0.25, 0.3) is 0 Å². The van der Waals surface area contributed by atoms with Gasteiger partial charge in [0.05, 0.1) is 12.2 Å². The van der Waals surface area contributed by atoms with Gasteiger partial charge in [-0.15, -0.1) is 0 Å². The first kappa shape index (κ1) is 10.0. The Morgan fingerprint density at radius 2 is 2.17 bits per heavy atom. The molecule has 1 saturated carbocycles. The van der Waals surface area contributed by atoms with Gasteiger partial charge in [-0.25, -0.2) is 0 Å². The first-order valence-electron chi connectivity index (χ1n) is 4.94. The molecule has 0 bridgehead atoms. The highest BCUT2D eigenvalue weighted by Crippen LogP contribution is 2.45. The summed E-state index contributed by atoms with van der Waals surface area (Å²) in [6, 6.07) is 0. The van der Waals surface area contributed by atoms with Crippen molar-refractivity contribution < 1.29 is 9.84 Å². The Morgan fingerprint density at radius 3 is 2.58 bits per heavy atom. The molecule has 1 fully saturated rings. The molecule has 3 unspecified atom stereocenters. The van der Waals surface area contributed by atoms with Gasteiger partial charge in [0.1, 0.15) is 0 Å². The van der Waals surface area contributed by atoms with Crippen LogP contribution in [0.5, 0.6) is 0 Å². The lowest BCUT2D eigenvalue weighted by atomic mass is 9.63. The van der Waals surface area contributed by atoms with E-state index in [-0.39, 0.29) is 17.6 Å². The summed E-state index contributed by atoms with van der Waals surface area (Å²) in [7, 11) is 0. The highest BCUT2D eigenvalue weighted by molar-refractivity contribution is 5.00. The molecule has 1 rings (SSSR count). The van der Waals surface area contributed by atoms with Crippen LogP contribution in [-0.4, -0.2) is 23.9 Å². The lowest BCUT2D eigenvalue weighted by Crippen LogP contribution is -2.56. The van der Waals surface area contributed by atoms with E-state index in [4.69, 9.17) is 4.74 Å². The van der Waals surface area contributed by atoms with Gasteiger partial charge in [-0.3, -0.25) is 0 Å². The number of aliphatic hydroxyl groups excluding tert-OH is 1. The summed E-state index contributed by atoms with van der Waals surface area (Å²) in [5, 5.41) is 9.56. The van der Waals surface area contributed by atoms with E-state index in [2.05, 4.69) is 20.8 Å². The third-order valence-corrected chi connectivity index (χ3v) is 3.22. The molecule has 1 aliphatic rings. The lowest BCUT2D eigenvalue weighted by molar-refractivity contribution is -0.185. The van der Waals surface area contributed by atoms with E-state index < -0.39 is 0 Å². The van der Waals surface area contributed by atoms with E-state index >= 15 is 0 Å². The molecule has 0 saturated heterocycles. The van der Waals surface area contributed by atoms with Crippen molar-refractivity contribution >= 4 is 0 Å². The third kappa shape index (κ3) is 1.50. The van der Waals surface area contributed by atoms with Gasteiger partial charge < -0.3 is 9.84 Å². The molecule has 0 spiro atoms. The fraction of sp³-hybridized carbons (Fsp3) is 1.00. The topological polar surface area (TPSA) is 29.5 Å². The largest absolute Gasteiger partial charge is 0.392 e. The number of hydrogen-bond donors (Lipinski definition) is 1. The molecule has 0 aliphatic heterocycles. The number of ether oxygens (including phenoxy) is 1. The van der Waals surface area contributed by atoms with Crippen LogP contribution in [0.4, 0.5) is 0 Å². The molecule has 0 aromatic heterocycles. The smallest absolute Gasteiger partial charge is 0.0678 e. The van der Waals surface area contributed by atoms with Gasteiger partial charge in [0.2, 0.25) is 0 Å². The van der Waals surface area contributed by atoms with Crippen LogP contribution in [0.25, 0.3) is 0 Å². The molecule has 1 aliphatic carbocycles. The predicted octanol–water partition coefficient (Wildman–Crippen LogP) is 1.96. The van der Waals surface area contributed by atoms with Crippen molar-refractivity contribution in [3.63, 3.8) is 0 Å². The van der Waals surface area contributed by atoms with Gasteiger partial charge in [0, 0.05) is 18.4 Å². The van der Waals surface area contributed by atoms with Crippen molar-refractivity contribution in [2.24, 2.45) is 5.41 Å². The minimum absolute atomic E-state index is 0.0230. The zero-order valence-corrected chi connectivity index (χ0v) is 8.34. The maximum atomic E-state index is 9.56. The van der Waals surface area contributed by atoms with Crippen LogP contribution in [-0.2, 0) is 4.74 Å². The number of hydrogen-bond acceptors (Lipinski definition) is 2.